The van der Waals surface area contributed by atoms with E-state index in [2.05, 4.69) is 10.0 Å². The molecule has 2 rings (SSSR count). The third-order valence-corrected chi connectivity index (χ3v) is 4.23. The molecule has 6 heteroatoms. The number of sulfonamides is 1. The quantitative estimate of drug-likeness (QED) is 0.822. The van der Waals surface area contributed by atoms with E-state index >= 15 is 0 Å². The molecule has 0 unspecified atom stereocenters. The summed E-state index contributed by atoms with van der Waals surface area (Å²) >= 11 is 0. The maximum atomic E-state index is 11.9. The topological polar surface area (TPSA) is 82.0 Å². The molecule has 1 saturated heterocycles. The first-order valence-corrected chi connectivity index (χ1v) is 7.44. The van der Waals surface area contributed by atoms with Crippen molar-refractivity contribution in [3.63, 3.8) is 0 Å². The van der Waals surface area contributed by atoms with Crippen LogP contribution < -0.4 is 10.0 Å². The highest BCUT2D eigenvalue weighted by Gasteiger charge is 2.21. The van der Waals surface area contributed by atoms with Crippen molar-refractivity contribution in [1.82, 2.24) is 10.0 Å². The number of nitriles is 1. The van der Waals surface area contributed by atoms with Crippen LogP contribution in [0.15, 0.2) is 24.3 Å². The second kappa shape index (κ2) is 5.48. The minimum Gasteiger partial charge on any atom is -0.315 e. The predicted molar refractivity (Wildman–Crippen MR) is 68.2 cm³/mol. The second-order valence-electron chi connectivity index (χ2n) is 4.38. The lowest BCUT2D eigenvalue weighted by Gasteiger charge is -2.11. The van der Waals surface area contributed by atoms with E-state index in [1.54, 1.807) is 24.3 Å². The van der Waals surface area contributed by atoms with E-state index in [0.717, 1.165) is 13.0 Å². The molecule has 0 bridgehead atoms. The fourth-order valence-electron chi connectivity index (χ4n) is 2.00. The van der Waals surface area contributed by atoms with Crippen LogP contribution in [0.5, 0.6) is 0 Å². The second-order valence-corrected chi connectivity index (χ2v) is 6.13. The molecule has 0 aromatic heterocycles. The summed E-state index contributed by atoms with van der Waals surface area (Å²) in [5.74, 6) is -0.0843. The summed E-state index contributed by atoms with van der Waals surface area (Å²) < 4.78 is 26.5. The maximum absolute atomic E-state index is 11.9. The molecule has 96 valence electrons. The molecule has 0 spiro atoms. The number of nitrogens with one attached hydrogen (secondary N) is 2. The van der Waals surface area contributed by atoms with Crippen molar-refractivity contribution < 1.29 is 8.42 Å². The van der Waals surface area contributed by atoms with Crippen LogP contribution in [-0.2, 0) is 15.8 Å². The van der Waals surface area contributed by atoms with Crippen molar-refractivity contribution in [3.05, 3.63) is 35.4 Å². The molecular formula is C12H15N3O2S. The Hall–Kier alpha value is -1.42. The summed E-state index contributed by atoms with van der Waals surface area (Å²) in [5.41, 5.74) is 1.11. The highest BCUT2D eigenvalue weighted by molar-refractivity contribution is 7.88. The third-order valence-electron chi connectivity index (χ3n) is 2.82. The van der Waals surface area contributed by atoms with Crippen LogP contribution in [0.25, 0.3) is 0 Å². The van der Waals surface area contributed by atoms with Gasteiger partial charge in [0.2, 0.25) is 10.0 Å². The number of nitrogens with zero attached hydrogens (tertiary/aromatic N) is 1. The Morgan fingerprint density at radius 2 is 2.33 bits per heavy atom. The maximum Gasteiger partial charge on any atom is 0.216 e. The van der Waals surface area contributed by atoms with Crippen LogP contribution in [0.3, 0.4) is 0 Å². The lowest BCUT2D eigenvalue weighted by atomic mass is 10.2. The zero-order valence-corrected chi connectivity index (χ0v) is 10.7. The molecule has 0 aliphatic carbocycles. The molecule has 0 saturated carbocycles. The lowest BCUT2D eigenvalue weighted by molar-refractivity contribution is 0.559. The van der Waals surface area contributed by atoms with Crippen LogP contribution in [0, 0.1) is 11.3 Å². The lowest BCUT2D eigenvalue weighted by Crippen LogP contribution is -2.36. The van der Waals surface area contributed by atoms with Crippen LogP contribution in [-0.4, -0.2) is 27.5 Å². The standard InChI is InChI=1S/C12H15N3O2S/c13-7-10-2-1-3-11(6-10)9-18(16,17)15-12-4-5-14-8-12/h1-3,6,12,14-15H,4-5,8-9H2/t12-/m0/s1. The van der Waals surface area contributed by atoms with E-state index in [4.69, 9.17) is 5.26 Å². The molecule has 18 heavy (non-hydrogen) atoms. The van der Waals surface area contributed by atoms with Gasteiger partial charge in [-0.25, -0.2) is 13.1 Å². The number of benzene rings is 1. The zero-order chi connectivity index (χ0) is 13.0. The SMILES string of the molecule is N#Cc1cccc(CS(=O)(=O)N[C@H]2CCNC2)c1. The predicted octanol–water partition coefficient (Wildman–Crippen LogP) is 0.340. The largest absolute Gasteiger partial charge is 0.315 e. The van der Waals surface area contributed by atoms with E-state index in [9.17, 15) is 8.42 Å². The fourth-order valence-corrected chi connectivity index (χ4v) is 3.41. The first kappa shape index (κ1) is 13.0. The Morgan fingerprint density at radius 3 is 3.00 bits per heavy atom. The summed E-state index contributed by atoms with van der Waals surface area (Å²) in [6, 6.07) is 8.65. The Bertz CT molecular complexity index is 557. The molecule has 1 fully saturated rings. The Kier molecular flexibility index (Phi) is 3.97. The van der Waals surface area contributed by atoms with Gasteiger partial charge in [-0.05, 0) is 30.7 Å². The summed E-state index contributed by atoms with van der Waals surface area (Å²) in [5, 5.41) is 11.9. The van der Waals surface area contributed by atoms with Gasteiger partial charge in [0.15, 0.2) is 0 Å². The molecule has 1 aromatic rings. The zero-order valence-electron chi connectivity index (χ0n) is 9.89. The van der Waals surface area contributed by atoms with Gasteiger partial charge in [0.1, 0.15) is 0 Å². The molecule has 0 radical (unpaired) electrons. The van der Waals surface area contributed by atoms with Gasteiger partial charge >= 0.3 is 0 Å². The van der Waals surface area contributed by atoms with Gasteiger partial charge in [-0.1, -0.05) is 12.1 Å². The van der Waals surface area contributed by atoms with Crippen molar-refractivity contribution >= 4 is 10.0 Å². The summed E-state index contributed by atoms with van der Waals surface area (Å²) in [7, 11) is -3.34. The van der Waals surface area contributed by atoms with Crippen molar-refractivity contribution in [2.45, 2.75) is 18.2 Å². The van der Waals surface area contributed by atoms with Crippen LogP contribution in [0.2, 0.25) is 0 Å². The van der Waals surface area contributed by atoms with Crippen molar-refractivity contribution in [1.29, 1.82) is 5.26 Å². The number of hydrogen-bond acceptors (Lipinski definition) is 4. The summed E-state index contributed by atoms with van der Waals surface area (Å²) in [6.45, 7) is 1.52. The smallest absolute Gasteiger partial charge is 0.216 e. The average Bonchev–Trinajstić information content (AvgIpc) is 2.80. The van der Waals surface area contributed by atoms with Crippen molar-refractivity contribution in [2.75, 3.05) is 13.1 Å². The van der Waals surface area contributed by atoms with Crippen molar-refractivity contribution in [3.8, 4) is 6.07 Å². The van der Waals surface area contributed by atoms with E-state index in [1.807, 2.05) is 6.07 Å². The van der Waals surface area contributed by atoms with Gasteiger partial charge in [0, 0.05) is 12.6 Å². The Balaban J connectivity index is 2.04. The highest BCUT2D eigenvalue weighted by atomic mass is 32.2. The molecule has 1 aliphatic rings. The summed E-state index contributed by atoms with van der Waals surface area (Å²) in [6.07, 6.45) is 0.817. The van der Waals surface area contributed by atoms with Crippen LogP contribution >= 0.6 is 0 Å². The highest BCUT2D eigenvalue weighted by Crippen LogP contribution is 2.09. The van der Waals surface area contributed by atoms with Gasteiger partial charge in [-0.3, -0.25) is 0 Å². The molecular weight excluding hydrogens is 250 g/mol. The molecule has 1 atom stereocenters. The van der Waals surface area contributed by atoms with Gasteiger partial charge in [0.25, 0.3) is 0 Å². The monoisotopic (exact) mass is 265 g/mol. The summed E-state index contributed by atoms with van der Waals surface area (Å²) in [4.78, 5) is 0. The van der Waals surface area contributed by atoms with Gasteiger partial charge < -0.3 is 5.32 Å². The number of hydrogen-bond donors (Lipinski definition) is 2. The minimum absolute atomic E-state index is 0.0193. The van der Waals surface area contributed by atoms with E-state index < -0.39 is 10.0 Å². The Morgan fingerprint density at radius 1 is 1.50 bits per heavy atom. The molecule has 1 heterocycles. The minimum atomic E-state index is -3.34. The third kappa shape index (κ3) is 3.53. The van der Waals surface area contributed by atoms with Gasteiger partial charge in [-0.2, -0.15) is 5.26 Å². The number of rotatable bonds is 4. The van der Waals surface area contributed by atoms with E-state index in [-0.39, 0.29) is 11.8 Å². The fraction of sp³-hybridized carbons (Fsp3) is 0.417. The average molecular weight is 265 g/mol. The first-order chi connectivity index (χ1) is 8.59. The molecule has 1 aromatic carbocycles. The van der Waals surface area contributed by atoms with Crippen molar-refractivity contribution in [2.24, 2.45) is 0 Å². The van der Waals surface area contributed by atoms with Crippen LogP contribution in [0.4, 0.5) is 0 Å². The normalized spacial score (nSPS) is 19.6. The van der Waals surface area contributed by atoms with E-state index in [0.29, 0.717) is 17.7 Å². The van der Waals surface area contributed by atoms with Gasteiger partial charge in [0.05, 0.1) is 17.4 Å². The first-order valence-electron chi connectivity index (χ1n) is 5.79. The Labute approximate surface area is 107 Å². The van der Waals surface area contributed by atoms with E-state index in [1.165, 1.54) is 0 Å². The molecule has 1 aliphatic heterocycles. The molecule has 0 amide bonds. The van der Waals surface area contributed by atoms with Crippen LogP contribution in [0.1, 0.15) is 17.5 Å². The molecule has 5 nitrogen and oxygen atoms in total. The van der Waals surface area contributed by atoms with Gasteiger partial charge in [-0.15, -0.1) is 0 Å². The molecule has 2 N–H and O–H groups in total.